The van der Waals surface area contributed by atoms with E-state index < -0.39 is 12.2 Å². The molecule has 0 amide bonds. The maximum absolute atomic E-state index is 11.8. The van der Waals surface area contributed by atoms with Crippen LogP contribution in [-0.4, -0.2) is 66.7 Å². The van der Waals surface area contributed by atoms with E-state index in [9.17, 15) is 19.8 Å². The predicted molar refractivity (Wildman–Crippen MR) is 154 cm³/mol. The van der Waals surface area contributed by atoms with E-state index in [-0.39, 0.29) is 30.4 Å². The maximum atomic E-state index is 11.8. The fourth-order valence-electron chi connectivity index (χ4n) is 4.89. The fraction of sp³-hybridized carbons (Fsp3) is 0.875. The zero-order valence-electron chi connectivity index (χ0n) is 24.8. The summed E-state index contributed by atoms with van der Waals surface area (Å²) < 4.78 is 16.3. The second kappa shape index (κ2) is 24.3. The fourth-order valence-corrected chi connectivity index (χ4v) is 4.89. The molecule has 1 fully saturated rings. The molecule has 0 saturated carbocycles. The number of aliphatic hydroxyl groups excluding tert-OH is 2. The lowest BCUT2D eigenvalue weighted by Gasteiger charge is -2.11. The van der Waals surface area contributed by atoms with Crippen molar-refractivity contribution in [2.24, 2.45) is 5.92 Å². The summed E-state index contributed by atoms with van der Waals surface area (Å²) in [6.07, 6.45) is 17.5. The van der Waals surface area contributed by atoms with Crippen LogP contribution in [0.5, 0.6) is 0 Å². The molecule has 2 N–H and O–H groups in total. The molecule has 4 atom stereocenters. The van der Waals surface area contributed by atoms with Crippen LogP contribution in [0.25, 0.3) is 0 Å². The van der Waals surface area contributed by atoms with Crippen LogP contribution in [0.3, 0.4) is 0 Å². The molecule has 1 aliphatic rings. The molecule has 0 aromatic carbocycles. The number of cyclic esters (lactones) is 1. The lowest BCUT2D eigenvalue weighted by atomic mass is 9.97. The molecular formula is C32H56O7. The van der Waals surface area contributed by atoms with Gasteiger partial charge in [0.05, 0.1) is 38.4 Å². The van der Waals surface area contributed by atoms with Crippen LogP contribution < -0.4 is 0 Å². The smallest absolute Gasteiger partial charge is 0.309 e. The molecule has 0 aromatic heterocycles. The first-order valence-electron chi connectivity index (χ1n) is 15.6. The molecule has 39 heavy (non-hydrogen) atoms. The minimum Gasteiger partial charge on any atom is -0.462 e. The number of aliphatic hydroxyl groups is 2. The first-order valence-corrected chi connectivity index (χ1v) is 15.6. The van der Waals surface area contributed by atoms with Crippen LogP contribution in [0, 0.1) is 17.8 Å². The Hall–Kier alpha value is -1.46. The Labute approximate surface area is 237 Å². The SMILES string of the molecule is CCCCCCCCCC[C@@H](O)COCCOC[C@@H](O)C#CCCCCCCC[C@@H]1CC(CC(C)=O)C(=O)O1. The lowest BCUT2D eigenvalue weighted by Crippen LogP contribution is -2.19. The lowest BCUT2D eigenvalue weighted by molar-refractivity contribution is -0.145. The van der Waals surface area contributed by atoms with Gasteiger partial charge in [-0.1, -0.05) is 83.5 Å². The van der Waals surface area contributed by atoms with Crippen molar-refractivity contribution in [1.82, 2.24) is 0 Å². The van der Waals surface area contributed by atoms with E-state index in [0.29, 0.717) is 32.7 Å². The quantitative estimate of drug-likeness (QED) is 0.0824. The second-order valence-electron chi connectivity index (χ2n) is 11.1. The van der Waals surface area contributed by atoms with Gasteiger partial charge in [-0.25, -0.2) is 0 Å². The average molecular weight is 553 g/mol. The van der Waals surface area contributed by atoms with E-state index in [4.69, 9.17) is 14.2 Å². The molecule has 0 aliphatic carbocycles. The topological polar surface area (TPSA) is 102 Å². The molecule has 1 rings (SSSR count). The zero-order valence-corrected chi connectivity index (χ0v) is 24.8. The van der Waals surface area contributed by atoms with Gasteiger partial charge >= 0.3 is 5.97 Å². The highest BCUT2D eigenvalue weighted by atomic mass is 16.6. The summed E-state index contributed by atoms with van der Waals surface area (Å²) in [7, 11) is 0. The van der Waals surface area contributed by atoms with Gasteiger partial charge in [0.25, 0.3) is 0 Å². The van der Waals surface area contributed by atoms with Gasteiger partial charge < -0.3 is 29.2 Å². The molecule has 1 saturated heterocycles. The van der Waals surface area contributed by atoms with Crippen molar-refractivity contribution < 1.29 is 34.0 Å². The Bertz CT molecular complexity index is 684. The summed E-state index contributed by atoms with van der Waals surface area (Å²) in [5, 5.41) is 19.9. The largest absolute Gasteiger partial charge is 0.462 e. The third-order valence-electron chi connectivity index (χ3n) is 7.14. The van der Waals surface area contributed by atoms with E-state index in [0.717, 1.165) is 57.8 Å². The summed E-state index contributed by atoms with van der Waals surface area (Å²) >= 11 is 0. The Morgan fingerprint density at radius 1 is 0.923 bits per heavy atom. The van der Waals surface area contributed by atoms with Crippen LogP contribution in [-0.2, 0) is 23.8 Å². The number of carbonyl (C=O) groups excluding carboxylic acids is 2. The van der Waals surface area contributed by atoms with Gasteiger partial charge in [-0.15, -0.1) is 5.92 Å². The van der Waals surface area contributed by atoms with Gasteiger partial charge in [0, 0.05) is 12.8 Å². The van der Waals surface area contributed by atoms with Gasteiger partial charge in [-0.3, -0.25) is 4.79 Å². The van der Waals surface area contributed by atoms with E-state index in [1.165, 1.54) is 51.9 Å². The van der Waals surface area contributed by atoms with Crippen LogP contribution >= 0.6 is 0 Å². The maximum Gasteiger partial charge on any atom is 0.309 e. The number of carbonyl (C=O) groups is 2. The number of hydrogen-bond acceptors (Lipinski definition) is 7. The molecule has 0 radical (unpaired) electrons. The molecule has 7 heteroatoms. The highest BCUT2D eigenvalue weighted by Crippen LogP contribution is 2.27. The van der Waals surface area contributed by atoms with Crippen LogP contribution in [0.15, 0.2) is 0 Å². The number of unbranched alkanes of at least 4 members (excludes halogenated alkanes) is 12. The summed E-state index contributed by atoms with van der Waals surface area (Å²) in [6, 6.07) is 0. The number of hydrogen-bond donors (Lipinski definition) is 2. The van der Waals surface area contributed by atoms with Crippen molar-refractivity contribution in [3.05, 3.63) is 0 Å². The Morgan fingerprint density at radius 3 is 2.23 bits per heavy atom. The van der Waals surface area contributed by atoms with Gasteiger partial charge in [0.1, 0.15) is 18.0 Å². The summed E-state index contributed by atoms with van der Waals surface area (Å²) in [6.45, 7) is 5.02. The van der Waals surface area contributed by atoms with E-state index in [2.05, 4.69) is 18.8 Å². The predicted octanol–water partition coefficient (Wildman–Crippen LogP) is 5.92. The van der Waals surface area contributed by atoms with E-state index in [1.807, 2.05) is 0 Å². The number of esters is 1. The van der Waals surface area contributed by atoms with Gasteiger partial charge in [0.15, 0.2) is 0 Å². The number of rotatable bonds is 25. The Kier molecular flexibility index (Phi) is 22.2. The van der Waals surface area contributed by atoms with E-state index >= 15 is 0 Å². The molecule has 1 aliphatic heterocycles. The molecule has 1 heterocycles. The Balaban J connectivity index is 1.87. The van der Waals surface area contributed by atoms with Gasteiger partial charge in [0.2, 0.25) is 0 Å². The molecule has 226 valence electrons. The van der Waals surface area contributed by atoms with Crippen LogP contribution in [0.1, 0.15) is 129 Å². The first-order chi connectivity index (χ1) is 18.9. The minimum absolute atomic E-state index is 0.0286. The van der Waals surface area contributed by atoms with E-state index in [1.54, 1.807) is 0 Å². The second-order valence-corrected chi connectivity index (χ2v) is 11.1. The van der Waals surface area contributed by atoms with Crippen molar-refractivity contribution in [2.75, 3.05) is 26.4 Å². The van der Waals surface area contributed by atoms with Gasteiger partial charge in [-0.05, 0) is 39.0 Å². The minimum atomic E-state index is -0.793. The third kappa shape index (κ3) is 21.0. The van der Waals surface area contributed by atoms with Crippen molar-refractivity contribution in [3.63, 3.8) is 0 Å². The highest BCUT2D eigenvalue weighted by Gasteiger charge is 2.34. The summed E-state index contributed by atoms with van der Waals surface area (Å²) in [5.41, 5.74) is 0. The molecular weight excluding hydrogens is 496 g/mol. The zero-order chi connectivity index (χ0) is 28.6. The summed E-state index contributed by atoms with van der Waals surface area (Å²) in [4.78, 5) is 23.0. The summed E-state index contributed by atoms with van der Waals surface area (Å²) in [5.74, 6) is 5.44. The number of ether oxygens (including phenoxy) is 3. The monoisotopic (exact) mass is 552 g/mol. The van der Waals surface area contributed by atoms with Crippen molar-refractivity contribution in [3.8, 4) is 11.8 Å². The van der Waals surface area contributed by atoms with Crippen LogP contribution in [0.4, 0.5) is 0 Å². The Morgan fingerprint density at radius 2 is 1.54 bits per heavy atom. The molecule has 0 bridgehead atoms. The van der Waals surface area contributed by atoms with Crippen LogP contribution in [0.2, 0.25) is 0 Å². The number of ketones is 1. The van der Waals surface area contributed by atoms with Crippen molar-refractivity contribution >= 4 is 11.8 Å². The molecule has 0 spiro atoms. The average Bonchev–Trinajstić information content (AvgIpc) is 3.24. The molecule has 1 unspecified atom stereocenters. The van der Waals surface area contributed by atoms with Crippen molar-refractivity contribution in [1.29, 1.82) is 0 Å². The molecule has 7 nitrogen and oxygen atoms in total. The van der Waals surface area contributed by atoms with Crippen molar-refractivity contribution in [2.45, 2.75) is 148 Å². The highest BCUT2D eigenvalue weighted by molar-refractivity contribution is 5.83. The third-order valence-corrected chi connectivity index (χ3v) is 7.14. The first kappa shape index (κ1) is 35.6. The normalized spacial score (nSPS) is 18.4. The number of Topliss-reactive ketones (excluding diaryl/α,β-unsaturated/α-hetero) is 1. The standard InChI is InChI=1S/C32H56O7/c1-3-4-5-6-7-9-12-15-18-29(34)25-37-21-22-38-26-30(35)19-16-13-10-8-11-14-17-20-31-24-28(23-27(2)33)32(36)39-31/h28-31,34-35H,3-15,17-18,20-26H2,1-2H3/t28?,29-,30+,31-/m1/s1. The van der Waals surface area contributed by atoms with Gasteiger partial charge in [-0.2, -0.15) is 0 Å². The molecule has 0 aromatic rings.